The van der Waals surface area contributed by atoms with Gasteiger partial charge in [0.2, 0.25) is 5.91 Å². The van der Waals surface area contributed by atoms with Crippen LogP contribution in [0.3, 0.4) is 0 Å². The van der Waals surface area contributed by atoms with Gasteiger partial charge in [0.05, 0.1) is 6.54 Å². The zero-order valence-corrected chi connectivity index (χ0v) is 9.52. The number of carbonyl (C=O) groups is 1. The van der Waals surface area contributed by atoms with Crippen LogP contribution in [0.5, 0.6) is 0 Å². The molecular weight excluding hydrogens is 208 g/mol. The molecule has 1 aromatic rings. The van der Waals surface area contributed by atoms with Crippen LogP contribution in [0.1, 0.15) is 32.0 Å². The van der Waals surface area contributed by atoms with Crippen molar-refractivity contribution >= 4 is 5.91 Å². The van der Waals surface area contributed by atoms with Crippen molar-refractivity contribution in [2.75, 3.05) is 6.61 Å². The molecule has 0 atom stereocenters. The SMILES string of the molecule is CCn1cnnc1CNC(=O)CCCCO. The Morgan fingerprint density at radius 1 is 1.56 bits per heavy atom. The van der Waals surface area contributed by atoms with Crippen molar-refractivity contribution in [3.63, 3.8) is 0 Å². The normalized spacial score (nSPS) is 10.4. The summed E-state index contributed by atoms with van der Waals surface area (Å²) < 4.78 is 1.88. The van der Waals surface area contributed by atoms with Crippen LogP contribution in [0.4, 0.5) is 0 Å². The van der Waals surface area contributed by atoms with Crippen LogP contribution in [-0.4, -0.2) is 32.4 Å². The van der Waals surface area contributed by atoms with Gasteiger partial charge in [-0.25, -0.2) is 0 Å². The molecule has 0 saturated carbocycles. The molecular formula is C10H18N4O2. The van der Waals surface area contributed by atoms with Crippen molar-refractivity contribution in [2.24, 2.45) is 0 Å². The van der Waals surface area contributed by atoms with Gasteiger partial charge in [-0.15, -0.1) is 10.2 Å². The maximum Gasteiger partial charge on any atom is 0.220 e. The second kappa shape index (κ2) is 6.95. The largest absolute Gasteiger partial charge is 0.396 e. The lowest BCUT2D eigenvalue weighted by molar-refractivity contribution is -0.121. The summed E-state index contributed by atoms with van der Waals surface area (Å²) in [4.78, 5) is 11.4. The summed E-state index contributed by atoms with van der Waals surface area (Å²) in [6.45, 7) is 3.34. The maximum absolute atomic E-state index is 11.4. The van der Waals surface area contributed by atoms with E-state index < -0.39 is 0 Å². The highest BCUT2D eigenvalue weighted by Gasteiger charge is 2.05. The Hall–Kier alpha value is -1.43. The van der Waals surface area contributed by atoms with Crippen LogP contribution in [0, 0.1) is 0 Å². The second-order valence-electron chi connectivity index (χ2n) is 3.49. The minimum Gasteiger partial charge on any atom is -0.396 e. The van der Waals surface area contributed by atoms with E-state index in [1.54, 1.807) is 6.33 Å². The lowest BCUT2D eigenvalue weighted by Gasteiger charge is -2.05. The number of aryl methyl sites for hydroxylation is 1. The Kier molecular flexibility index (Phi) is 5.49. The van der Waals surface area contributed by atoms with Crippen LogP contribution < -0.4 is 5.32 Å². The number of aliphatic hydroxyl groups is 1. The van der Waals surface area contributed by atoms with Crippen LogP contribution >= 0.6 is 0 Å². The molecule has 6 nitrogen and oxygen atoms in total. The predicted molar refractivity (Wildman–Crippen MR) is 58.5 cm³/mol. The van der Waals surface area contributed by atoms with Crippen molar-refractivity contribution in [1.82, 2.24) is 20.1 Å². The van der Waals surface area contributed by atoms with Gasteiger partial charge in [0.25, 0.3) is 0 Å². The number of nitrogens with zero attached hydrogens (tertiary/aromatic N) is 3. The van der Waals surface area contributed by atoms with E-state index in [0.29, 0.717) is 25.8 Å². The van der Waals surface area contributed by atoms with Gasteiger partial charge in [-0.2, -0.15) is 0 Å². The summed E-state index contributed by atoms with van der Waals surface area (Å²) >= 11 is 0. The van der Waals surface area contributed by atoms with Crippen molar-refractivity contribution in [3.8, 4) is 0 Å². The minimum absolute atomic E-state index is 0.0147. The maximum atomic E-state index is 11.4. The Bertz CT molecular complexity index is 324. The molecule has 2 N–H and O–H groups in total. The molecule has 16 heavy (non-hydrogen) atoms. The quantitative estimate of drug-likeness (QED) is 0.645. The van der Waals surface area contributed by atoms with E-state index in [4.69, 9.17) is 5.11 Å². The van der Waals surface area contributed by atoms with Gasteiger partial charge in [0, 0.05) is 19.6 Å². The molecule has 0 aliphatic rings. The highest BCUT2D eigenvalue weighted by Crippen LogP contribution is 1.97. The van der Waals surface area contributed by atoms with Crippen molar-refractivity contribution in [1.29, 1.82) is 0 Å². The first-order valence-corrected chi connectivity index (χ1v) is 5.52. The van der Waals surface area contributed by atoms with Crippen LogP contribution in [0.25, 0.3) is 0 Å². The third-order valence-electron chi connectivity index (χ3n) is 2.29. The van der Waals surface area contributed by atoms with E-state index in [-0.39, 0.29) is 12.5 Å². The molecule has 0 bridgehead atoms. The number of unbranched alkanes of at least 4 members (excludes halogenated alkanes) is 1. The zero-order chi connectivity index (χ0) is 11.8. The minimum atomic E-state index is -0.0147. The van der Waals surface area contributed by atoms with Gasteiger partial charge < -0.3 is 15.0 Å². The monoisotopic (exact) mass is 226 g/mol. The molecule has 0 aliphatic heterocycles. The summed E-state index contributed by atoms with van der Waals surface area (Å²) in [5.41, 5.74) is 0. The molecule has 0 radical (unpaired) electrons. The number of rotatable bonds is 7. The Morgan fingerprint density at radius 3 is 3.06 bits per heavy atom. The van der Waals surface area contributed by atoms with Crippen LogP contribution in [0.2, 0.25) is 0 Å². The lowest BCUT2D eigenvalue weighted by Crippen LogP contribution is -2.24. The fourth-order valence-corrected chi connectivity index (χ4v) is 1.34. The van der Waals surface area contributed by atoms with Gasteiger partial charge in [-0.05, 0) is 19.8 Å². The smallest absolute Gasteiger partial charge is 0.220 e. The highest BCUT2D eigenvalue weighted by molar-refractivity contribution is 5.75. The molecule has 0 unspecified atom stereocenters. The van der Waals surface area contributed by atoms with Crippen molar-refractivity contribution < 1.29 is 9.90 Å². The summed E-state index contributed by atoms with van der Waals surface area (Å²) in [5, 5.41) is 19.0. The summed E-state index contributed by atoms with van der Waals surface area (Å²) in [6.07, 6.45) is 3.47. The van der Waals surface area contributed by atoms with E-state index in [0.717, 1.165) is 12.4 Å². The van der Waals surface area contributed by atoms with E-state index in [9.17, 15) is 4.79 Å². The number of hydrogen-bond acceptors (Lipinski definition) is 4. The molecule has 6 heteroatoms. The first kappa shape index (κ1) is 12.6. The predicted octanol–water partition coefficient (Wildman–Crippen LogP) is 0.0768. The van der Waals surface area contributed by atoms with Crippen molar-refractivity contribution in [2.45, 2.75) is 39.3 Å². The number of hydrogen-bond donors (Lipinski definition) is 2. The van der Waals surface area contributed by atoms with Crippen molar-refractivity contribution in [3.05, 3.63) is 12.2 Å². The third kappa shape index (κ3) is 3.98. The van der Waals surface area contributed by atoms with E-state index in [2.05, 4.69) is 15.5 Å². The number of aliphatic hydroxyl groups excluding tert-OH is 1. The number of amides is 1. The van der Waals surface area contributed by atoms with E-state index in [1.807, 2.05) is 11.5 Å². The summed E-state index contributed by atoms with van der Waals surface area (Å²) in [6, 6.07) is 0. The molecule has 1 rings (SSSR count). The zero-order valence-electron chi connectivity index (χ0n) is 9.52. The molecule has 1 heterocycles. The van der Waals surface area contributed by atoms with Gasteiger partial charge in [-0.3, -0.25) is 4.79 Å². The van der Waals surface area contributed by atoms with E-state index in [1.165, 1.54) is 0 Å². The average molecular weight is 226 g/mol. The van der Waals surface area contributed by atoms with Gasteiger partial charge >= 0.3 is 0 Å². The Balaban J connectivity index is 2.26. The Morgan fingerprint density at radius 2 is 2.38 bits per heavy atom. The molecule has 0 spiro atoms. The third-order valence-corrected chi connectivity index (χ3v) is 2.29. The Labute approximate surface area is 94.7 Å². The van der Waals surface area contributed by atoms with Crippen LogP contribution in [0.15, 0.2) is 6.33 Å². The first-order chi connectivity index (χ1) is 7.77. The van der Waals surface area contributed by atoms with Gasteiger partial charge in [-0.1, -0.05) is 0 Å². The van der Waals surface area contributed by atoms with Crippen LogP contribution in [-0.2, 0) is 17.9 Å². The number of carbonyl (C=O) groups excluding carboxylic acids is 1. The fraction of sp³-hybridized carbons (Fsp3) is 0.700. The van der Waals surface area contributed by atoms with E-state index >= 15 is 0 Å². The van der Waals surface area contributed by atoms with Gasteiger partial charge in [0.15, 0.2) is 5.82 Å². The molecule has 0 saturated heterocycles. The highest BCUT2D eigenvalue weighted by atomic mass is 16.2. The number of aromatic nitrogens is 3. The summed E-state index contributed by atoms with van der Waals surface area (Å²) in [5.74, 6) is 0.747. The molecule has 1 aromatic heterocycles. The molecule has 0 aromatic carbocycles. The molecule has 0 fully saturated rings. The lowest BCUT2D eigenvalue weighted by atomic mass is 10.2. The second-order valence-corrected chi connectivity index (χ2v) is 3.49. The molecule has 1 amide bonds. The first-order valence-electron chi connectivity index (χ1n) is 5.52. The topological polar surface area (TPSA) is 80.0 Å². The summed E-state index contributed by atoms with van der Waals surface area (Å²) in [7, 11) is 0. The standard InChI is InChI=1S/C10H18N4O2/c1-2-14-8-12-13-9(14)7-11-10(16)5-3-4-6-15/h8,15H,2-7H2,1H3,(H,11,16). The molecule has 0 aliphatic carbocycles. The van der Waals surface area contributed by atoms with Gasteiger partial charge in [0.1, 0.15) is 6.33 Å². The fourth-order valence-electron chi connectivity index (χ4n) is 1.34. The number of nitrogens with one attached hydrogen (secondary N) is 1. The molecule has 90 valence electrons. The average Bonchev–Trinajstić information content (AvgIpc) is 2.74.